The third-order valence-electron chi connectivity index (χ3n) is 5.88. The molecule has 8 nitrogen and oxygen atoms in total. The number of hydrogen-bond acceptors (Lipinski definition) is 5. The Balaban J connectivity index is 2.03. The third-order valence-corrected chi connectivity index (χ3v) is 7.67. The van der Waals surface area contributed by atoms with Crippen LogP contribution in [0.25, 0.3) is 0 Å². The van der Waals surface area contributed by atoms with Crippen LogP contribution in [0.2, 0.25) is 0 Å². The lowest BCUT2D eigenvalue weighted by Gasteiger charge is -2.33. The Bertz CT molecular complexity index is 1280. The molecule has 3 rings (SSSR count). The summed E-state index contributed by atoms with van der Waals surface area (Å²) in [7, 11) is -2.51. The van der Waals surface area contributed by atoms with E-state index in [-0.39, 0.29) is 17.3 Å². The fourth-order valence-corrected chi connectivity index (χ4v) is 5.46. The average Bonchev–Trinajstić information content (AvgIpc) is 2.92. The van der Waals surface area contributed by atoms with Crippen molar-refractivity contribution in [2.45, 2.75) is 37.8 Å². The molecule has 0 aliphatic carbocycles. The average molecular weight is 524 g/mol. The van der Waals surface area contributed by atoms with Gasteiger partial charge in [-0.15, -0.1) is 0 Å². The molecule has 0 saturated carbocycles. The second-order valence-electron chi connectivity index (χ2n) is 8.35. The molecule has 0 aromatic heterocycles. The van der Waals surface area contributed by atoms with Gasteiger partial charge in [0.15, 0.2) is 0 Å². The molecule has 0 radical (unpaired) electrons. The minimum Gasteiger partial charge on any atom is -0.497 e. The van der Waals surface area contributed by atoms with Crippen molar-refractivity contribution < 1.29 is 22.7 Å². The number of benzene rings is 3. The van der Waals surface area contributed by atoms with Crippen LogP contribution < -0.4 is 14.4 Å². The van der Waals surface area contributed by atoms with Gasteiger partial charge >= 0.3 is 0 Å². The molecule has 1 unspecified atom stereocenters. The minimum absolute atomic E-state index is 0.0711. The number of carbonyl (C=O) groups excluding carboxylic acids is 2. The monoisotopic (exact) mass is 523 g/mol. The van der Waals surface area contributed by atoms with E-state index in [0.717, 1.165) is 9.87 Å². The molecule has 0 fully saturated rings. The van der Waals surface area contributed by atoms with Gasteiger partial charge in [-0.25, -0.2) is 8.42 Å². The van der Waals surface area contributed by atoms with Crippen molar-refractivity contribution in [1.29, 1.82) is 0 Å². The van der Waals surface area contributed by atoms with Gasteiger partial charge in [0.2, 0.25) is 11.8 Å². The molecule has 37 heavy (non-hydrogen) atoms. The largest absolute Gasteiger partial charge is 0.497 e. The predicted molar refractivity (Wildman–Crippen MR) is 144 cm³/mol. The lowest BCUT2D eigenvalue weighted by molar-refractivity contribution is -0.140. The van der Waals surface area contributed by atoms with Crippen LogP contribution in [-0.2, 0) is 26.2 Å². The van der Waals surface area contributed by atoms with E-state index in [1.807, 2.05) is 19.9 Å². The zero-order valence-corrected chi connectivity index (χ0v) is 22.1. The van der Waals surface area contributed by atoms with E-state index in [1.54, 1.807) is 73.8 Å². The molecule has 0 aliphatic heterocycles. The summed E-state index contributed by atoms with van der Waals surface area (Å²) >= 11 is 0. The zero-order chi connectivity index (χ0) is 26.8. The van der Waals surface area contributed by atoms with Crippen molar-refractivity contribution in [2.24, 2.45) is 0 Å². The summed E-state index contributed by atoms with van der Waals surface area (Å²) in [6, 6.07) is 22.9. The number of carbonyl (C=O) groups is 2. The minimum atomic E-state index is -4.06. The van der Waals surface area contributed by atoms with E-state index < -0.39 is 28.5 Å². The summed E-state index contributed by atoms with van der Waals surface area (Å²) in [6.45, 7) is 3.68. The fraction of sp³-hybridized carbons (Fsp3) is 0.286. The first-order valence-corrected chi connectivity index (χ1v) is 13.6. The molecule has 0 aliphatic rings. The molecule has 0 saturated heterocycles. The van der Waals surface area contributed by atoms with E-state index in [0.29, 0.717) is 24.4 Å². The highest BCUT2D eigenvalue weighted by atomic mass is 32.2. The Kier molecular flexibility index (Phi) is 9.68. The lowest BCUT2D eigenvalue weighted by Crippen LogP contribution is -2.52. The van der Waals surface area contributed by atoms with Gasteiger partial charge in [0.1, 0.15) is 18.3 Å². The number of likely N-dealkylation sites (N-methyl/N-ethyl adjacent to an activating group) is 1. The van der Waals surface area contributed by atoms with Gasteiger partial charge in [0.05, 0.1) is 17.7 Å². The quantitative estimate of drug-likeness (QED) is 0.389. The molecule has 0 bridgehead atoms. The van der Waals surface area contributed by atoms with Gasteiger partial charge in [0.25, 0.3) is 10.0 Å². The van der Waals surface area contributed by atoms with Gasteiger partial charge in [-0.3, -0.25) is 13.9 Å². The van der Waals surface area contributed by atoms with Crippen LogP contribution in [0.5, 0.6) is 5.75 Å². The van der Waals surface area contributed by atoms with Gasteiger partial charge in [-0.05, 0) is 55.3 Å². The van der Waals surface area contributed by atoms with Crippen LogP contribution in [0.1, 0.15) is 25.8 Å². The van der Waals surface area contributed by atoms with Crippen LogP contribution in [-0.4, -0.2) is 51.4 Å². The molecular formula is C28H33N3O5S. The molecule has 1 N–H and O–H groups in total. The second kappa shape index (κ2) is 12.9. The number of nitrogens with zero attached hydrogens (tertiary/aromatic N) is 2. The summed E-state index contributed by atoms with van der Waals surface area (Å²) in [5, 5.41) is 2.79. The molecule has 3 aromatic carbocycles. The third kappa shape index (κ3) is 6.89. The van der Waals surface area contributed by atoms with Crippen LogP contribution in [0.15, 0.2) is 89.8 Å². The predicted octanol–water partition coefficient (Wildman–Crippen LogP) is 3.83. The normalized spacial score (nSPS) is 11.9. The van der Waals surface area contributed by atoms with Gasteiger partial charge in [0, 0.05) is 13.1 Å². The number of hydrogen-bond donors (Lipinski definition) is 1. The maximum absolute atomic E-state index is 13.9. The first-order chi connectivity index (χ1) is 17.8. The number of nitrogens with one attached hydrogen (secondary N) is 1. The highest BCUT2D eigenvalue weighted by Crippen LogP contribution is 2.25. The Hall–Kier alpha value is -3.85. The van der Waals surface area contributed by atoms with Crippen LogP contribution in [0.4, 0.5) is 5.69 Å². The number of rotatable bonds is 12. The Morgan fingerprint density at radius 2 is 1.57 bits per heavy atom. The van der Waals surface area contributed by atoms with Gasteiger partial charge < -0.3 is 15.0 Å². The van der Waals surface area contributed by atoms with Crippen molar-refractivity contribution in [1.82, 2.24) is 10.2 Å². The fourth-order valence-electron chi connectivity index (χ4n) is 4.02. The van der Waals surface area contributed by atoms with E-state index in [1.165, 1.54) is 17.0 Å². The van der Waals surface area contributed by atoms with Crippen LogP contribution >= 0.6 is 0 Å². The molecule has 1 atom stereocenters. The standard InChI is InChI=1S/C28H33N3O5S/c1-4-26(28(33)29-5-2)30(20-22-13-12-16-24(19-22)36-3)27(32)21-31(23-14-8-6-9-15-23)37(34,35)25-17-10-7-11-18-25/h6-19,26H,4-5,20-21H2,1-3H3,(H,29,33). The highest BCUT2D eigenvalue weighted by Gasteiger charge is 2.33. The Morgan fingerprint density at radius 3 is 2.16 bits per heavy atom. The lowest BCUT2D eigenvalue weighted by atomic mass is 10.1. The maximum Gasteiger partial charge on any atom is 0.264 e. The number of ether oxygens (including phenoxy) is 1. The molecule has 0 heterocycles. The van der Waals surface area contributed by atoms with E-state index in [9.17, 15) is 18.0 Å². The highest BCUT2D eigenvalue weighted by molar-refractivity contribution is 7.92. The molecule has 3 aromatic rings. The maximum atomic E-state index is 13.9. The van der Waals surface area contributed by atoms with Crippen LogP contribution in [0, 0.1) is 0 Å². The first kappa shape index (κ1) is 27.7. The topological polar surface area (TPSA) is 96.0 Å². The van der Waals surface area contributed by atoms with E-state index in [4.69, 9.17) is 4.74 Å². The molecule has 2 amide bonds. The number of methoxy groups -OCH3 is 1. The molecule has 9 heteroatoms. The Labute approximate surface area is 218 Å². The molecular weight excluding hydrogens is 490 g/mol. The summed E-state index contributed by atoms with van der Waals surface area (Å²) < 4.78 is 33.7. The Morgan fingerprint density at radius 1 is 0.919 bits per heavy atom. The van der Waals surface area contributed by atoms with E-state index >= 15 is 0 Å². The molecule has 0 spiro atoms. The van der Waals surface area contributed by atoms with E-state index in [2.05, 4.69) is 5.32 Å². The summed E-state index contributed by atoms with van der Waals surface area (Å²) in [5.41, 5.74) is 1.11. The molecule has 196 valence electrons. The first-order valence-electron chi connectivity index (χ1n) is 12.1. The van der Waals surface area contributed by atoms with Crippen molar-refractivity contribution in [3.8, 4) is 5.75 Å². The number of sulfonamides is 1. The second-order valence-corrected chi connectivity index (χ2v) is 10.2. The van der Waals surface area contributed by atoms with Crippen molar-refractivity contribution in [3.63, 3.8) is 0 Å². The number of para-hydroxylation sites is 1. The smallest absolute Gasteiger partial charge is 0.264 e. The number of amides is 2. The zero-order valence-electron chi connectivity index (χ0n) is 21.3. The number of anilines is 1. The van der Waals surface area contributed by atoms with Gasteiger partial charge in [-0.2, -0.15) is 0 Å². The van der Waals surface area contributed by atoms with Crippen molar-refractivity contribution in [2.75, 3.05) is 24.5 Å². The van der Waals surface area contributed by atoms with Crippen LogP contribution in [0.3, 0.4) is 0 Å². The summed E-state index contributed by atoms with van der Waals surface area (Å²) in [4.78, 5) is 28.3. The SMILES string of the molecule is CCNC(=O)C(CC)N(Cc1cccc(OC)c1)C(=O)CN(c1ccccc1)S(=O)(=O)c1ccccc1. The van der Waals surface area contributed by atoms with Gasteiger partial charge in [-0.1, -0.05) is 55.5 Å². The summed E-state index contributed by atoms with van der Waals surface area (Å²) in [5.74, 6) is -0.170. The van der Waals surface area contributed by atoms with Crippen molar-refractivity contribution >= 4 is 27.5 Å². The summed E-state index contributed by atoms with van der Waals surface area (Å²) in [6.07, 6.45) is 0.359. The van der Waals surface area contributed by atoms with Crippen molar-refractivity contribution in [3.05, 3.63) is 90.5 Å².